The van der Waals surface area contributed by atoms with Gasteiger partial charge in [-0.25, -0.2) is 23.4 Å². The van der Waals surface area contributed by atoms with E-state index in [1.54, 1.807) is 35.8 Å². The average molecular weight is 496 g/mol. The van der Waals surface area contributed by atoms with Crippen molar-refractivity contribution in [3.63, 3.8) is 0 Å². The smallest absolute Gasteiger partial charge is 0.322 e. The summed E-state index contributed by atoms with van der Waals surface area (Å²) in [4.78, 5) is 23.5. The summed E-state index contributed by atoms with van der Waals surface area (Å²) in [7, 11) is -3.93. The molecule has 0 aliphatic carbocycles. The van der Waals surface area contributed by atoms with Crippen molar-refractivity contribution < 1.29 is 18.3 Å². The molecule has 4 aromatic rings. The van der Waals surface area contributed by atoms with Gasteiger partial charge in [0.2, 0.25) is 0 Å². The molecule has 11 heteroatoms. The number of aromatic nitrogens is 3. The molecule has 9 nitrogen and oxygen atoms in total. The minimum Gasteiger partial charge on any atom is -0.480 e. The topological polar surface area (TPSA) is 125 Å². The fourth-order valence-electron chi connectivity index (χ4n) is 3.21. The van der Waals surface area contributed by atoms with Crippen molar-refractivity contribution in [2.45, 2.75) is 18.1 Å². The first kappa shape index (κ1) is 23.5. The molecular weight excluding hydrogens is 474 g/mol. The average Bonchev–Trinajstić information content (AvgIpc) is 3.39. The summed E-state index contributed by atoms with van der Waals surface area (Å²) in [6.45, 7) is -0.211. The number of nitrogens with one attached hydrogen (secondary N) is 1. The second-order valence-corrected chi connectivity index (χ2v) is 9.88. The van der Waals surface area contributed by atoms with Crippen LogP contribution in [0.2, 0.25) is 0 Å². The van der Waals surface area contributed by atoms with Crippen LogP contribution >= 0.6 is 11.3 Å². The second kappa shape index (κ2) is 10.5. The van der Waals surface area contributed by atoms with E-state index < -0.39 is 16.0 Å². The highest BCUT2D eigenvalue weighted by molar-refractivity contribution is 7.89. The van der Waals surface area contributed by atoms with Crippen molar-refractivity contribution in [3.8, 4) is 11.3 Å². The number of carboxylic acids is 1. The number of rotatable bonds is 10. The van der Waals surface area contributed by atoms with Gasteiger partial charge in [0.05, 0.1) is 23.4 Å². The largest absolute Gasteiger partial charge is 0.480 e. The van der Waals surface area contributed by atoms with Crippen molar-refractivity contribution in [3.05, 3.63) is 89.0 Å². The summed E-state index contributed by atoms with van der Waals surface area (Å²) >= 11 is 1.51. The van der Waals surface area contributed by atoms with E-state index in [9.17, 15) is 13.2 Å². The summed E-state index contributed by atoms with van der Waals surface area (Å²) in [6.07, 6.45) is 1.43. The van der Waals surface area contributed by atoms with Crippen LogP contribution < -0.4 is 5.32 Å². The number of thiazole rings is 1. The Hall–Kier alpha value is -3.67. The Morgan fingerprint density at radius 2 is 1.82 bits per heavy atom. The molecule has 0 atom stereocenters. The lowest BCUT2D eigenvalue weighted by molar-refractivity contribution is -0.134. The van der Waals surface area contributed by atoms with Crippen molar-refractivity contribution in [2.75, 3.05) is 11.9 Å². The van der Waals surface area contributed by atoms with E-state index in [0.717, 1.165) is 16.8 Å². The SMILES string of the molecule is O=C(O)CNc1cccc(CN(Cc2ccc(-c3cscn3)cc2)S(=O)(=O)c2ccccn2)n1. The number of sulfonamides is 1. The molecule has 3 aromatic heterocycles. The maximum absolute atomic E-state index is 13.4. The third-order valence-corrected chi connectivity index (χ3v) is 7.14. The van der Waals surface area contributed by atoms with Gasteiger partial charge in [-0.3, -0.25) is 4.79 Å². The standard InChI is InChI=1S/C23H21N5O4S2/c29-23(30)12-25-21-5-3-4-19(27-21)14-28(34(31,32)22-6-1-2-11-24-22)13-17-7-9-18(10-8-17)20-15-33-16-26-20/h1-11,15-16H,12-14H2,(H,25,27)(H,29,30). The zero-order chi connectivity index (χ0) is 24.0. The van der Waals surface area contributed by atoms with Gasteiger partial charge >= 0.3 is 5.97 Å². The van der Waals surface area contributed by atoms with Crippen LogP contribution in [0.5, 0.6) is 0 Å². The van der Waals surface area contributed by atoms with Crippen LogP contribution in [0.15, 0.2) is 82.8 Å². The predicted octanol–water partition coefficient (Wildman–Crippen LogP) is 3.49. The van der Waals surface area contributed by atoms with Gasteiger partial charge < -0.3 is 10.4 Å². The fraction of sp³-hybridized carbons (Fsp3) is 0.130. The molecule has 2 N–H and O–H groups in total. The van der Waals surface area contributed by atoms with Crippen LogP contribution in [0.4, 0.5) is 5.82 Å². The van der Waals surface area contributed by atoms with Crippen molar-refractivity contribution in [2.24, 2.45) is 0 Å². The number of carbonyl (C=O) groups is 1. The molecule has 174 valence electrons. The highest BCUT2D eigenvalue weighted by Crippen LogP contribution is 2.23. The summed E-state index contributed by atoms with van der Waals surface area (Å²) < 4.78 is 28.2. The van der Waals surface area contributed by atoms with Crippen molar-refractivity contribution in [1.29, 1.82) is 0 Å². The fourth-order valence-corrected chi connectivity index (χ4v) is 5.10. The molecule has 0 fully saturated rings. The van der Waals surface area contributed by atoms with E-state index in [1.807, 2.05) is 29.6 Å². The van der Waals surface area contributed by atoms with E-state index in [-0.39, 0.29) is 24.7 Å². The van der Waals surface area contributed by atoms with Crippen LogP contribution in [-0.2, 0) is 27.9 Å². The van der Waals surface area contributed by atoms with E-state index in [0.29, 0.717) is 11.5 Å². The van der Waals surface area contributed by atoms with E-state index in [2.05, 4.69) is 20.3 Å². The van der Waals surface area contributed by atoms with Crippen LogP contribution in [0.1, 0.15) is 11.3 Å². The molecule has 4 rings (SSSR count). The molecule has 0 spiro atoms. The lowest BCUT2D eigenvalue weighted by Crippen LogP contribution is -2.31. The van der Waals surface area contributed by atoms with Gasteiger partial charge in [0.1, 0.15) is 12.4 Å². The summed E-state index contributed by atoms with van der Waals surface area (Å²) in [5.74, 6) is -0.671. The van der Waals surface area contributed by atoms with Crippen molar-refractivity contribution >= 4 is 33.1 Å². The van der Waals surface area contributed by atoms with E-state index >= 15 is 0 Å². The number of anilines is 1. The van der Waals surface area contributed by atoms with Gasteiger partial charge in [0.15, 0.2) is 5.03 Å². The molecule has 0 saturated heterocycles. The second-order valence-electron chi connectivity index (χ2n) is 7.27. The first-order chi connectivity index (χ1) is 16.4. The molecule has 0 saturated carbocycles. The minimum atomic E-state index is -3.93. The molecular formula is C23H21N5O4S2. The normalized spacial score (nSPS) is 11.4. The Balaban J connectivity index is 1.61. The third kappa shape index (κ3) is 5.81. The molecule has 0 amide bonds. The lowest BCUT2D eigenvalue weighted by atomic mass is 10.1. The first-order valence-corrected chi connectivity index (χ1v) is 12.6. The molecule has 0 bridgehead atoms. The molecule has 3 heterocycles. The van der Waals surface area contributed by atoms with Crippen LogP contribution in [0.25, 0.3) is 11.3 Å². The third-order valence-electron chi connectivity index (χ3n) is 4.85. The summed E-state index contributed by atoms with van der Waals surface area (Å²) in [5, 5.41) is 13.5. The van der Waals surface area contributed by atoms with Gasteiger partial charge in [-0.15, -0.1) is 11.3 Å². The van der Waals surface area contributed by atoms with Crippen LogP contribution in [-0.4, -0.2) is 45.3 Å². The molecule has 0 aliphatic rings. The van der Waals surface area contributed by atoms with Gasteiger partial charge in [0, 0.05) is 23.7 Å². The van der Waals surface area contributed by atoms with Gasteiger partial charge in [0.25, 0.3) is 10.0 Å². The number of hydrogen-bond acceptors (Lipinski definition) is 8. The molecule has 0 unspecified atom stereocenters. The number of benzene rings is 1. The quantitative estimate of drug-likeness (QED) is 0.342. The van der Waals surface area contributed by atoms with E-state index in [4.69, 9.17) is 5.11 Å². The van der Waals surface area contributed by atoms with Crippen LogP contribution in [0.3, 0.4) is 0 Å². The monoisotopic (exact) mass is 495 g/mol. The minimum absolute atomic E-state index is 0.0185. The maximum atomic E-state index is 13.4. The Bertz CT molecular complexity index is 1350. The van der Waals surface area contributed by atoms with Gasteiger partial charge in [-0.1, -0.05) is 36.4 Å². The Kier molecular flexibility index (Phi) is 7.26. The number of aliphatic carboxylic acids is 1. The summed E-state index contributed by atoms with van der Waals surface area (Å²) in [5.41, 5.74) is 4.83. The van der Waals surface area contributed by atoms with Crippen LogP contribution in [0, 0.1) is 0 Å². The highest BCUT2D eigenvalue weighted by Gasteiger charge is 2.26. The molecule has 0 radical (unpaired) electrons. The number of nitrogens with zero attached hydrogens (tertiary/aromatic N) is 4. The van der Waals surface area contributed by atoms with Gasteiger partial charge in [-0.05, 0) is 29.8 Å². The number of carboxylic acid groups (broad SMARTS) is 1. The number of hydrogen-bond donors (Lipinski definition) is 2. The van der Waals surface area contributed by atoms with E-state index in [1.165, 1.54) is 27.9 Å². The maximum Gasteiger partial charge on any atom is 0.322 e. The van der Waals surface area contributed by atoms with Gasteiger partial charge in [-0.2, -0.15) is 4.31 Å². The number of pyridine rings is 2. The predicted molar refractivity (Wildman–Crippen MR) is 129 cm³/mol. The Morgan fingerprint density at radius 1 is 1.00 bits per heavy atom. The zero-order valence-electron chi connectivity index (χ0n) is 17.9. The molecule has 34 heavy (non-hydrogen) atoms. The Labute approximate surface area is 200 Å². The zero-order valence-corrected chi connectivity index (χ0v) is 19.5. The Morgan fingerprint density at radius 3 is 2.50 bits per heavy atom. The first-order valence-electron chi connectivity index (χ1n) is 10.2. The highest BCUT2D eigenvalue weighted by atomic mass is 32.2. The van der Waals surface area contributed by atoms with Crippen molar-refractivity contribution in [1.82, 2.24) is 19.3 Å². The molecule has 1 aromatic carbocycles. The molecule has 0 aliphatic heterocycles. The lowest BCUT2D eigenvalue weighted by Gasteiger charge is -2.22. The summed E-state index contributed by atoms with van der Waals surface area (Å²) in [6, 6.07) is 17.3.